The number of esters is 1. The summed E-state index contributed by atoms with van der Waals surface area (Å²) in [5.74, 6) is -1.36. The SMILES string of the molecule is CC(C)(C)OC(=O)CCCCC(=O)[O-].[Ag+]. The number of carbonyl (C=O) groups excluding carboxylic acids is 2. The van der Waals surface area contributed by atoms with Crippen LogP contribution < -0.4 is 5.11 Å². The fourth-order valence-corrected chi connectivity index (χ4v) is 0.931. The zero-order valence-corrected chi connectivity index (χ0v) is 10.7. The van der Waals surface area contributed by atoms with Crippen LogP contribution in [-0.2, 0) is 36.7 Å². The summed E-state index contributed by atoms with van der Waals surface area (Å²) in [6, 6.07) is 0. The Morgan fingerprint density at radius 1 is 1.13 bits per heavy atom. The van der Waals surface area contributed by atoms with Gasteiger partial charge in [0.1, 0.15) is 5.60 Å². The normalized spacial score (nSPS) is 10.3. The van der Waals surface area contributed by atoms with Gasteiger partial charge in [0.15, 0.2) is 0 Å². The Balaban J connectivity index is 0. The molecular formula is C10H17AgO4. The van der Waals surface area contributed by atoms with Gasteiger partial charge in [-0.25, -0.2) is 0 Å². The molecule has 0 fully saturated rings. The number of rotatable bonds is 5. The van der Waals surface area contributed by atoms with Crippen molar-refractivity contribution in [1.29, 1.82) is 0 Å². The number of unbranched alkanes of at least 4 members (excludes halogenated alkanes) is 1. The van der Waals surface area contributed by atoms with Gasteiger partial charge < -0.3 is 14.6 Å². The Morgan fingerprint density at radius 3 is 2.00 bits per heavy atom. The summed E-state index contributed by atoms with van der Waals surface area (Å²) < 4.78 is 5.04. The minimum atomic E-state index is -1.07. The van der Waals surface area contributed by atoms with E-state index in [2.05, 4.69) is 0 Å². The molecule has 5 heteroatoms. The number of carbonyl (C=O) groups is 2. The van der Waals surface area contributed by atoms with Crippen molar-refractivity contribution in [3.63, 3.8) is 0 Å². The van der Waals surface area contributed by atoms with Crippen LogP contribution in [0.2, 0.25) is 0 Å². The molecule has 0 aromatic rings. The first kappa shape index (κ1) is 17.1. The minimum Gasteiger partial charge on any atom is -0.550 e. The topological polar surface area (TPSA) is 66.4 Å². The van der Waals surface area contributed by atoms with E-state index in [1.54, 1.807) is 20.8 Å². The molecule has 0 atom stereocenters. The second-order valence-electron chi connectivity index (χ2n) is 4.17. The predicted molar refractivity (Wildman–Crippen MR) is 49.3 cm³/mol. The van der Waals surface area contributed by atoms with Crippen molar-refractivity contribution < 1.29 is 41.8 Å². The van der Waals surface area contributed by atoms with E-state index in [4.69, 9.17) is 4.74 Å². The molecule has 0 aromatic heterocycles. The third-order valence-electron chi connectivity index (χ3n) is 1.43. The first-order chi connectivity index (χ1) is 6.31. The number of ether oxygens (including phenoxy) is 1. The molecule has 15 heavy (non-hydrogen) atoms. The van der Waals surface area contributed by atoms with Crippen molar-refractivity contribution >= 4 is 11.9 Å². The van der Waals surface area contributed by atoms with Crippen molar-refractivity contribution in [3.8, 4) is 0 Å². The smallest absolute Gasteiger partial charge is 0.550 e. The standard InChI is InChI=1S/C10H18O4.Ag/c1-10(2,3)14-9(13)7-5-4-6-8(11)12;/h4-7H2,1-3H3,(H,11,12);/q;+1/p-1. The van der Waals surface area contributed by atoms with Crippen LogP contribution in [0, 0.1) is 0 Å². The van der Waals surface area contributed by atoms with Crippen LogP contribution in [0.4, 0.5) is 0 Å². The first-order valence-electron chi connectivity index (χ1n) is 4.73. The van der Waals surface area contributed by atoms with Crippen LogP contribution >= 0.6 is 0 Å². The van der Waals surface area contributed by atoms with E-state index < -0.39 is 11.6 Å². The fraction of sp³-hybridized carbons (Fsp3) is 0.800. The molecule has 92 valence electrons. The summed E-state index contributed by atoms with van der Waals surface area (Å²) in [6.07, 6.45) is 1.26. The van der Waals surface area contributed by atoms with Crippen LogP contribution in [0.25, 0.3) is 0 Å². The Morgan fingerprint density at radius 2 is 1.60 bits per heavy atom. The monoisotopic (exact) mass is 308 g/mol. The Hall–Kier alpha value is -0.320. The molecule has 0 spiro atoms. The maximum absolute atomic E-state index is 11.1. The van der Waals surface area contributed by atoms with Gasteiger partial charge in [-0.3, -0.25) is 4.79 Å². The quantitative estimate of drug-likeness (QED) is 0.424. The first-order valence-corrected chi connectivity index (χ1v) is 4.73. The maximum atomic E-state index is 11.1. The fourth-order valence-electron chi connectivity index (χ4n) is 0.931. The zero-order valence-electron chi connectivity index (χ0n) is 9.26. The van der Waals surface area contributed by atoms with Gasteiger partial charge in [-0.15, -0.1) is 0 Å². The molecule has 0 aliphatic heterocycles. The molecule has 0 rings (SSSR count). The van der Waals surface area contributed by atoms with E-state index >= 15 is 0 Å². The molecule has 0 aliphatic rings. The number of hydrogen-bond acceptors (Lipinski definition) is 4. The summed E-state index contributed by atoms with van der Waals surface area (Å²) in [7, 11) is 0. The third kappa shape index (κ3) is 13.7. The number of carboxylic acid groups (broad SMARTS) is 1. The molecular weight excluding hydrogens is 292 g/mol. The summed E-state index contributed by atoms with van der Waals surface area (Å²) in [5, 5.41) is 10.0. The molecule has 4 nitrogen and oxygen atoms in total. The van der Waals surface area contributed by atoms with Gasteiger partial charge in [0.2, 0.25) is 0 Å². The van der Waals surface area contributed by atoms with Crippen molar-refractivity contribution in [2.45, 2.75) is 52.1 Å². The van der Waals surface area contributed by atoms with Crippen molar-refractivity contribution in [3.05, 3.63) is 0 Å². The predicted octanol–water partition coefficient (Wildman–Crippen LogP) is 0.636. The molecule has 0 amide bonds. The average molecular weight is 309 g/mol. The molecule has 0 aliphatic carbocycles. The van der Waals surface area contributed by atoms with E-state index in [0.29, 0.717) is 12.8 Å². The zero-order chi connectivity index (χ0) is 11.2. The largest absolute Gasteiger partial charge is 1.00 e. The van der Waals surface area contributed by atoms with Gasteiger partial charge in [0, 0.05) is 12.4 Å². The number of carboxylic acids is 1. The van der Waals surface area contributed by atoms with Crippen LogP contribution in [0.1, 0.15) is 46.5 Å². The second kappa shape index (κ2) is 7.91. The Bertz CT molecular complexity index is 208. The number of hydrogen-bond donors (Lipinski definition) is 0. The average Bonchev–Trinajstić information content (AvgIpc) is 1.94. The molecule has 0 bridgehead atoms. The van der Waals surface area contributed by atoms with Gasteiger partial charge in [-0.05, 0) is 40.0 Å². The van der Waals surface area contributed by atoms with E-state index in [1.807, 2.05) is 0 Å². The van der Waals surface area contributed by atoms with Crippen molar-refractivity contribution in [2.75, 3.05) is 0 Å². The molecule has 0 unspecified atom stereocenters. The van der Waals surface area contributed by atoms with Crippen molar-refractivity contribution in [2.24, 2.45) is 0 Å². The van der Waals surface area contributed by atoms with Gasteiger partial charge in [0.05, 0.1) is 0 Å². The molecule has 0 saturated carbocycles. The van der Waals surface area contributed by atoms with Crippen molar-refractivity contribution in [1.82, 2.24) is 0 Å². The third-order valence-corrected chi connectivity index (χ3v) is 1.43. The summed E-state index contributed by atoms with van der Waals surface area (Å²) in [6.45, 7) is 5.39. The van der Waals surface area contributed by atoms with Gasteiger partial charge in [0.25, 0.3) is 0 Å². The van der Waals surface area contributed by atoms with Crippen LogP contribution in [-0.4, -0.2) is 17.5 Å². The molecule has 0 radical (unpaired) electrons. The Kier molecular flexibility index (Phi) is 9.01. The van der Waals surface area contributed by atoms with Gasteiger partial charge in [-0.2, -0.15) is 0 Å². The number of aliphatic carboxylic acids is 1. The molecule has 0 saturated heterocycles. The minimum absolute atomic E-state index is 0. The van der Waals surface area contributed by atoms with E-state index in [9.17, 15) is 14.7 Å². The maximum Gasteiger partial charge on any atom is 1.00 e. The summed E-state index contributed by atoms with van der Waals surface area (Å²) in [5.41, 5.74) is -0.467. The van der Waals surface area contributed by atoms with Crippen LogP contribution in [0.3, 0.4) is 0 Å². The van der Waals surface area contributed by atoms with Gasteiger partial charge in [-0.1, -0.05) is 0 Å². The summed E-state index contributed by atoms with van der Waals surface area (Å²) in [4.78, 5) is 21.2. The summed E-state index contributed by atoms with van der Waals surface area (Å²) >= 11 is 0. The van der Waals surface area contributed by atoms with Crippen LogP contribution in [0.15, 0.2) is 0 Å². The van der Waals surface area contributed by atoms with E-state index in [-0.39, 0.29) is 41.2 Å². The second-order valence-corrected chi connectivity index (χ2v) is 4.17. The molecule has 0 aromatic carbocycles. The Labute approximate surface area is 106 Å². The molecule has 0 heterocycles. The van der Waals surface area contributed by atoms with E-state index in [0.717, 1.165) is 0 Å². The molecule has 0 N–H and O–H groups in total. The van der Waals surface area contributed by atoms with E-state index in [1.165, 1.54) is 0 Å². The van der Waals surface area contributed by atoms with Crippen LogP contribution in [0.5, 0.6) is 0 Å². The van der Waals surface area contributed by atoms with Gasteiger partial charge >= 0.3 is 28.3 Å².